The Hall–Kier alpha value is -3.76. The minimum absolute atomic E-state index is 0.0737. The maximum Gasteiger partial charge on any atom is 0.253 e. The van der Waals surface area contributed by atoms with Gasteiger partial charge in [-0.25, -0.2) is 4.68 Å². The van der Waals surface area contributed by atoms with Gasteiger partial charge in [-0.15, -0.1) is 5.10 Å². The third kappa shape index (κ3) is 5.10. The van der Waals surface area contributed by atoms with Gasteiger partial charge in [-0.05, 0) is 77.9 Å². The highest BCUT2D eigenvalue weighted by Gasteiger charge is 2.34. The van der Waals surface area contributed by atoms with E-state index in [9.17, 15) is 4.79 Å². The number of hydrogen-bond donors (Lipinski definition) is 1. The van der Waals surface area contributed by atoms with E-state index in [0.717, 1.165) is 79.4 Å². The molecule has 4 heterocycles. The lowest BCUT2D eigenvalue weighted by molar-refractivity contribution is 0.0982. The predicted molar refractivity (Wildman–Crippen MR) is 155 cm³/mol. The number of tetrazole rings is 1. The van der Waals surface area contributed by atoms with Gasteiger partial charge in [0, 0.05) is 38.3 Å². The van der Waals surface area contributed by atoms with E-state index in [1.165, 1.54) is 30.4 Å². The van der Waals surface area contributed by atoms with Gasteiger partial charge in [0.2, 0.25) is 6.79 Å². The second kappa shape index (κ2) is 10.9. The van der Waals surface area contributed by atoms with Crippen LogP contribution >= 0.6 is 0 Å². The Morgan fingerprint density at radius 2 is 1.78 bits per heavy atom. The van der Waals surface area contributed by atoms with E-state index in [1.807, 2.05) is 17.7 Å². The Morgan fingerprint density at radius 3 is 2.61 bits per heavy atom. The summed E-state index contributed by atoms with van der Waals surface area (Å²) in [6, 6.07) is 12.4. The topological polar surface area (TPSA) is 101 Å². The van der Waals surface area contributed by atoms with E-state index in [4.69, 9.17) is 9.47 Å². The lowest BCUT2D eigenvalue weighted by Crippen LogP contribution is -2.48. The Labute approximate surface area is 239 Å². The van der Waals surface area contributed by atoms with Gasteiger partial charge in [0.25, 0.3) is 5.56 Å². The first-order valence-corrected chi connectivity index (χ1v) is 14.8. The van der Waals surface area contributed by atoms with Crippen molar-refractivity contribution in [3.8, 4) is 11.5 Å². The van der Waals surface area contributed by atoms with Gasteiger partial charge in [0.05, 0.1) is 11.6 Å². The average molecular weight is 556 g/mol. The number of H-pyrrole nitrogens is 1. The van der Waals surface area contributed by atoms with Crippen molar-refractivity contribution in [2.45, 2.75) is 64.6 Å². The summed E-state index contributed by atoms with van der Waals surface area (Å²) < 4.78 is 13.1. The van der Waals surface area contributed by atoms with Crippen LogP contribution in [0.3, 0.4) is 0 Å². The van der Waals surface area contributed by atoms with Crippen molar-refractivity contribution in [1.82, 2.24) is 35.0 Å². The molecule has 0 amide bonds. The number of nitrogens with zero attached hydrogens (tertiary/aromatic N) is 6. The van der Waals surface area contributed by atoms with Crippen molar-refractivity contribution >= 4 is 10.9 Å². The van der Waals surface area contributed by atoms with Crippen LogP contribution in [-0.2, 0) is 6.54 Å². The minimum Gasteiger partial charge on any atom is -0.454 e. The summed E-state index contributed by atoms with van der Waals surface area (Å²) in [5.41, 5.74) is 4.98. The molecule has 1 saturated carbocycles. The number of piperazine rings is 1. The molecule has 1 N–H and O–H groups in total. The number of nitrogens with one attached hydrogen (secondary N) is 1. The molecule has 10 nitrogen and oxygen atoms in total. The Bertz CT molecular complexity index is 1620. The predicted octanol–water partition coefficient (Wildman–Crippen LogP) is 4.27. The lowest BCUT2D eigenvalue weighted by atomic mass is 9.95. The number of benzene rings is 2. The molecule has 2 aromatic heterocycles. The molecule has 2 fully saturated rings. The van der Waals surface area contributed by atoms with Crippen molar-refractivity contribution in [2.75, 3.05) is 33.0 Å². The molecule has 0 radical (unpaired) electrons. The Kier molecular flexibility index (Phi) is 6.96. The fourth-order valence-electron chi connectivity index (χ4n) is 6.85. The van der Waals surface area contributed by atoms with E-state index in [1.54, 1.807) is 0 Å². The molecule has 41 heavy (non-hydrogen) atoms. The van der Waals surface area contributed by atoms with Crippen LogP contribution in [0.15, 0.2) is 41.2 Å². The van der Waals surface area contributed by atoms with Crippen LogP contribution in [0.4, 0.5) is 0 Å². The molecule has 0 spiro atoms. The summed E-state index contributed by atoms with van der Waals surface area (Å²) >= 11 is 0. The van der Waals surface area contributed by atoms with E-state index in [-0.39, 0.29) is 24.4 Å². The first-order chi connectivity index (χ1) is 20.0. The molecular weight excluding hydrogens is 518 g/mol. The van der Waals surface area contributed by atoms with Crippen molar-refractivity contribution in [2.24, 2.45) is 0 Å². The molecule has 10 heteroatoms. The number of fused-ring (bicyclic) bond motifs is 2. The number of rotatable bonds is 6. The number of aryl methyl sites for hydroxylation is 2. The first-order valence-electron chi connectivity index (χ1n) is 14.8. The summed E-state index contributed by atoms with van der Waals surface area (Å²) in [5.74, 6) is 2.40. The summed E-state index contributed by atoms with van der Waals surface area (Å²) in [4.78, 5) is 21.8. The van der Waals surface area contributed by atoms with Gasteiger partial charge in [-0.2, -0.15) is 0 Å². The molecule has 7 rings (SSSR count). The Balaban J connectivity index is 1.20. The first kappa shape index (κ1) is 26.2. The molecule has 0 unspecified atom stereocenters. The van der Waals surface area contributed by atoms with Crippen LogP contribution in [0, 0.1) is 13.8 Å². The van der Waals surface area contributed by atoms with Crippen molar-refractivity contribution < 1.29 is 9.47 Å². The van der Waals surface area contributed by atoms with Crippen molar-refractivity contribution in [3.63, 3.8) is 0 Å². The van der Waals surface area contributed by atoms with Crippen LogP contribution < -0.4 is 15.0 Å². The second-order valence-corrected chi connectivity index (χ2v) is 11.8. The van der Waals surface area contributed by atoms with Crippen LogP contribution in [-0.4, -0.2) is 68.0 Å². The molecule has 3 aliphatic rings. The zero-order valence-electron chi connectivity index (χ0n) is 23.8. The SMILES string of the molecule is Cc1cc(C)c2[nH]c(=O)c([C@H](c3nnnn3C3CCCCC3)N3CCN(Cc4ccc5c(c4)OCO5)CC3)cc2c1. The number of aromatic amines is 1. The minimum atomic E-state index is -0.325. The van der Waals surface area contributed by atoms with Crippen LogP contribution in [0.2, 0.25) is 0 Å². The zero-order valence-corrected chi connectivity index (χ0v) is 23.8. The van der Waals surface area contributed by atoms with E-state index >= 15 is 0 Å². The standard InChI is InChI=1S/C31H37N7O3/c1-20-14-21(2)28-23(15-20)17-25(31(39)32-28)29(30-33-34-35-38(30)24-6-4-3-5-7-24)37-12-10-36(11-13-37)18-22-8-9-26-27(16-22)41-19-40-26/h8-9,14-17,24,29H,3-7,10-13,18-19H2,1-2H3,(H,32,39)/t29-/m1/s1. The van der Waals surface area contributed by atoms with Gasteiger partial charge < -0.3 is 14.5 Å². The van der Waals surface area contributed by atoms with Crippen molar-refractivity contribution in [1.29, 1.82) is 0 Å². The fraction of sp³-hybridized carbons (Fsp3) is 0.484. The summed E-state index contributed by atoms with van der Waals surface area (Å²) in [7, 11) is 0. The van der Waals surface area contributed by atoms with Gasteiger partial charge >= 0.3 is 0 Å². The highest BCUT2D eigenvalue weighted by atomic mass is 16.7. The second-order valence-electron chi connectivity index (χ2n) is 11.8. The van der Waals surface area contributed by atoms with E-state index in [0.29, 0.717) is 5.56 Å². The van der Waals surface area contributed by atoms with E-state index in [2.05, 4.69) is 67.6 Å². The third-order valence-electron chi connectivity index (χ3n) is 8.92. The number of pyridine rings is 1. The van der Waals surface area contributed by atoms with Crippen molar-refractivity contribution in [3.05, 3.63) is 74.8 Å². The summed E-state index contributed by atoms with van der Waals surface area (Å²) in [5, 5.41) is 14.3. The van der Waals surface area contributed by atoms with Gasteiger partial charge in [0.1, 0.15) is 6.04 Å². The molecule has 0 bridgehead atoms. The average Bonchev–Trinajstić information content (AvgIpc) is 3.65. The maximum atomic E-state index is 13.7. The summed E-state index contributed by atoms with van der Waals surface area (Å²) in [6.45, 7) is 8.62. The maximum absolute atomic E-state index is 13.7. The molecule has 214 valence electrons. The number of aromatic nitrogens is 5. The number of ether oxygens (including phenoxy) is 2. The zero-order chi connectivity index (χ0) is 27.9. The fourth-order valence-corrected chi connectivity index (χ4v) is 6.85. The summed E-state index contributed by atoms with van der Waals surface area (Å²) in [6.07, 6.45) is 5.76. The molecule has 4 aromatic rings. The largest absolute Gasteiger partial charge is 0.454 e. The highest BCUT2D eigenvalue weighted by molar-refractivity contribution is 5.83. The lowest BCUT2D eigenvalue weighted by Gasteiger charge is -2.39. The van der Waals surface area contributed by atoms with Gasteiger partial charge in [0.15, 0.2) is 17.3 Å². The van der Waals surface area contributed by atoms with E-state index < -0.39 is 0 Å². The molecule has 2 aromatic carbocycles. The molecule has 1 atom stereocenters. The highest BCUT2D eigenvalue weighted by Crippen LogP contribution is 2.35. The third-order valence-corrected chi connectivity index (χ3v) is 8.92. The molecule has 1 saturated heterocycles. The monoisotopic (exact) mass is 555 g/mol. The van der Waals surface area contributed by atoms with Gasteiger partial charge in [-0.3, -0.25) is 14.6 Å². The van der Waals surface area contributed by atoms with Crippen LogP contribution in [0.5, 0.6) is 11.5 Å². The molecule has 2 aliphatic heterocycles. The quantitative estimate of drug-likeness (QED) is 0.376. The van der Waals surface area contributed by atoms with Crippen LogP contribution in [0.1, 0.15) is 72.3 Å². The van der Waals surface area contributed by atoms with Crippen LogP contribution in [0.25, 0.3) is 10.9 Å². The Morgan fingerprint density at radius 1 is 0.976 bits per heavy atom. The molecular formula is C31H37N7O3. The van der Waals surface area contributed by atoms with Gasteiger partial charge in [-0.1, -0.05) is 37.0 Å². The number of hydrogen-bond acceptors (Lipinski definition) is 8. The normalized spacial score (nSPS) is 19.2. The smallest absolute Gasteiger partial charge is 0.253 e. The molecule has 1 aliphatic carbocycles.